The maximum atomic E-state index is 11.4. The van der Waals surface area contributed by atoms with E-state index in [1.54, 1.807) is 24.8 Å². The van der Waals surface area contributed by atoms with Gasteiger partial charge in [0.05, 0.1) is 0 Å². The Morgan fingerprint density at radius 1 is 1.40 bits per heavy atom. The summed E-state index contributed by atoms with van der Waals surface area (Å²) in [5, 5.41) is 0.704. The highest BCUT2D eigenvalue weighted by atomic mass is 32.2. The average molecular weight is 157 g/mol. The summed E-state index contributed by atoms with van der Waals surface area (Å²) in [7, 11) is -2.13. The smallest absolute Gasteiger partial charge is 0.102 e. The molecule has 2 nitrogen and oxygen atoms in total. The Morgan fingerprint density at radius 3 is 2.40 bits per heavy atom. The first-order valence-corrected chi connectivity index (χ1v) is 5.67. The Morgan fingerprint density at radius 2 is 2.10 bits per heavy atom. The number of hydrogen-bond acceptors (Lipinski definition) is 2. The van der Waals surface area contributed by atoms with E-state index in [0.717, 1.165) is 0 Å². The molecule has 0 aliphatic carbocycles. The fraction of sp³-hybridized carbons (Fsp3) is 0.286. The van der Waals surface area contributed by atoms with E-state index in [2.05, 4.69) is 4.98 Å². The molecule has 0 aromatic carbocycles. The van der Waals surface area contributed by atoms with Gasteiger partial charge in [-0.15, -0.1) is 0 Å². The van der Waals surface area contributed by atoms with Crippen molar-refractivity contribution < 1.29 is 4.21 Å². The van der Waals surface area contributed by atoms with E-state index in [1.165, 1.54) is 0 Å². The van der Waals surface area contributed by atoms with E-state index in [0.29, 0.717) is 5.03 Å². The predicted octanol–water partition coefficient (Wildman–Crippen LogP) is 0.717. The maximum Gasteiger partial charge on any atom is 0.102 e. The van der Waals surface area contributed by atoms with Gasteiger partial charge >= 0.3 is 0 Å². The normalized spacial score (nSPS) is 13.0. The van der Waals surface area contributed by atoms with Gasteiger partial charge in [-0.3, -0.25) is 4.21 Å². The van der Waals surface area contributed by atoms with Crippen molar-refractivity contribution in [2.75, 3.05) is 12.5 Å². The fourth-order valence-corrected chi connectivity index (χ4v) is 1.46. The van der Waals surface area contributed by atoms with Gasteiger partial charge in [-0.05, 0) is 24.6 Å². The molecule has 0 radical (unpaired) electrons. The van der Waals surface area contributed by atoms with Crippen LogP contribution in [0.2, 0.25) is 0 Å². The lowest BCUT2D eigenvalue weighted by Crippen LogP contribution is -2.07. The van der Waals surface area contributed by atoms with E-state index in [1.807, 2.05) is 12.1 Å². The van der Waals surface area contributed by atoms with Crippen LogP contribution in [0.25, 0.3) is 0 Å². The lowest BCUT2D eigenvalue weighted by atomic mass is 10.5. The second kappa shape index (κ2) is 2.50. The summed E-state index contributed by atoms with van der Waals surface area (Å²) in [4.78, 5) is 3.99. The van der Waals surface area contributed by atoms with Gasteiger partial charge < -0.3 is 0 Å². The zero-order chi connectivity index (χ0) is 7.61. The molecule has 0 unspecified atom stereocenters. The minimum Gasteiger partial charge on any atom is -0.279 e. The third kappa shape index (κ3) is 1.64. The molecule has 0 atom stereocenters. The molecule has 1 heterocycles. The fourth-order valence-electron chi connectivity index (χ4n) is 0.672. The van der Waals surface area contributed by atoms with Crippen molar-refractivity contribution in [1.82, 2.24) is 4.98 Å². The predicted molar refractivity (Wildman–Crippen MR) is 43.9 cm³/mol. The highest BCUT2D eigenvalue weighted by Gasteiger charge is 2.03. The number of thiol groups is 1. The van der Waals surface area contributed by atoms with Crippen LogP contribution in [0.3, 0.4) is 0 Å². The Hall–Kier alpha value is -0.700. The highest BCUT2D eigenvalue weighted by molar-refractivity contribution is 8.01. The minimum absolute atomic E-state index is 0.704. The molecule has 0 bridgehead atoms. The summed E-state index contributed by atoms with van der Waals surface area (Å²) in [5.41, 5.74) is 0. The van der Waals surface area contributed by atoms with Crippen LogP contribution in [0, 0.1) is 0 Å². The van der Waals surface area contributed by atoms with Gasteiger partial charge in [0, 0.05) is 6.20 Å². The molecule has 0 aliphatic heterocycles. The van der Waals surface area contributed by atoms with Crippen LogP contribution in [0.5, 0.6) is 0 Å². The molecule has 0 amide bonds. The summed E-state index contributed by atoms with van der Waals surface area (Å²) >= 11 is 0. The van der Waals surface area contributed by atoms with Crippen molar-refractivity contribution >= 4 is 9.93 Å². The zero-order valence-electron chi connectivity index (χ0n) is 6.11. The summed E-state index contributed by atoms with van der Waals surface area (Å²) in [6.45, 7) is 0. The van der Waals surface area contributed by atoms with E-state index in [-0.39, 0.29) is 0 Å². The third-order valence-corrected chi connectivity index (χ3v) is 2.57. The van der Waals surface area contributed by atoms with Crippen molar-refractivity contribution in [2.45, 2.75) is 5.03 Å². The van der Waals surface area contributed by atoms with Gasteiger partial charge in [-0.1, -0.05) is 16.0 Å². The van der Waals surface area contributed by atoms with E-state index in [4.69, 9.17) is 0 Å². The first-order chi connectivity index (χ1) is 4.61. The topological polar surface area (TPSA) is 30.0 Å². The molecule has 0 fully saturated rings. The Balaban J connectivity index is 3.09. The van der Waals surface area contributed by atoms with Crippen LogP contribution >= 0.6 is 0 Å². The van der Waals surface area contributed by atoms with Gasteiger partial charge in [0.1, 0.15) is 5.03 Å². The van der Waals surface area contributed by atoms with Crippen LogP contribution in [-0.2, 0) is 9.93 Å². The van der Waals surface area contributed by atoms with Crippen molar-refractivity contribution in [3.05, 3.63) is 24.4 Å². The monoisotopic (exact) mass is 157 g/mol. The Kier molecular flexibility index (Phi) is 1.85. The van der Waals surface area contributed by atoms with Crippen LogP contribution in [0.1, 0.15) is 0 Å². The minimum atomic E-state index is -2.13. The number of aromatic nitrogens is 1. The molecule has 0 saturated carbocycles. The largest absolute Gasteiger partial charge is 0.279 e. The third-order valence-electron chi connectivity index (χ3n) is 1.20. The Bertz CT molecular complexity index is 252. The number of nitrogens with zero attached hydrogens (tertiary/aromatic N) is 1. The molecule has 1 aromatic rings. The van der Waals surface area contributed by atoms with Crippen molar-refractivity contribution in [3.8, 4) is 0 Å². The first-order valence-electron chi connectivity index (χ1n) is 3.07. The van der Waals surface area contributed by atoms with Gasteiger partial charge in [0.25, 0.3) is 0 Å². The Labute approximate surface area is 61.7 Å². The SMILES string of the molecule is C[SH](C)(=O)c1ccccn1. The first kappa shape index (κ1) is 7.41. The van der Waals surface area contributed by atoms with Gasteiger partial charge in [-0.25, -0.2) is 4.98 Å². The molecule has 56 valence electrons. The van der Waals surface area contributed by atoms with Crippen molar-refractivity contribution in [3.63, 3.8) is 0 Å². The van der Waals surface area contributed by atoms with Gasteiger partial charge in [-0.2, -0.15) is 0 Å². The molecule has 0 N–H and O–H groups in total. The highest BCUT2D eigenvalue weighted by Crippen LogP contribution is 2.07. The van der Waals surface area contributed by atoms with Crippen molar-refractivity contribution in [1.29, 1.82) is 0 Å². The molecule has 0 saturated heterocycles. The summed E-state index contributed by atoms with van der Waals surface area (Å²) < 4.78 is 11.4. The molecular weight excluding hydrogens is 146 g/mol. The second-order valence-corrected chi connectivity index (χ2v) is 5.70. The van der Waals surface area contributed by atoms with E-state index < -0.39 is 9.93 Å². The van der Waals surface area contributed by atoms with Gasteiger partial charge in [0.2, 0.25) is 0 Å². The van der Waals surface area contributed by atoms with E-state index >= 15 is 0 Å². The molecule has 3 heteroatoms. The molecule has 0 aliphatic rings. The average Bonchev–Trinajstić information content (AvgIpc) is 1.88. The van der Waals surface area contributed by atoms with Crippen molar-refractivity contribution in [2.24, 2.45) is 0 Å². The lowest BCUT2D eigenvalue weighted by Gasteiger charge is -2.09. The zero-order valence-corrected chi connectivity index (χ0v) is 7.01. The van der Waals surface area contributed by atoms with Crippen LogP contribution in [0.4, 0.5) is 0 Å². The maximum absolute atomic E-state index is 11.4. The van der Waals surface area contributed by atoms with Crippen LogP contribution in [-0.4, -0.2) is 21.7 Å². The molecule has 10 heavy (non-hydrogen) atoms. The molecule has 1 aromatic heterocycles. The molecular formula is C7H11NOS. The lowest BCUT2D eigenvalue weighted by molar-refractivity contribution is 0.675. The summed E-state index contributed by atoms with van der Waals surface area (Å²) in [6, 6.07) is 5.46. The number of hydrogen-bond donors (Lipinski definition) is 1. The summed E-state index contributed by atoms with van der Waals surface area (Å²) in [6.07, 6.45) is 5.10. The number of rotatable bonds is 1. The van der Waals surface area contributed by atoms with Crippen LogP contribution in [0.15, 0.2) is 29.4 Å². The second-order valence-electron chi connectivity index (χ2n) is 2.54. The molecule has 1 rings (SSSR count). The standard InChI is InChI=1S/C7H11NOS/c1-10(2,9)7-5-3-4-6-8-7/h3-6,10H,1-2H3. The summed E-state index contributed by atoms with van der Waals surface area (Å²) in [5.74, 6) is 0. The quantitative estimate of drug-likeness (QED) is 0.609. The van der Waals surface area contributed by atoms with Gasteiger partial charge in [0.15, 0.2) is 0 Å². The number of pyridine rings is 1. The van der Waals surface area contributed by atoms with E-state index in [9.17, 15) is 4.21 Å². The van der Waals surface area contributed by atoms with Crippen LogP contribution < -0.4 is 0 Å². The molecule has 0 spiro atoms.